The van der Waals surface area contributed by atoms with Crippen molar-refractivity contribution in [2.75, 3.05) is 36.8 Å². The van der Waals surface area contributed by atoms with Gasteiger partial charge in [0.2, 0.25) is 5.95 Å². The van der Waals surface area contributed by atoms with Crippen molar-refractivity contribution in [3.8, 4) is 22.4 Å². The summed E-state index contributed by atoms with van der Waals surface area (Å²) in [7, 11) is 0. The lowest BCUT2D eigenvalue weighted by molar-refractivity contribution is 0.248. The van der Waals surface area contributed by atoms with Gasteiger partial charge in [-0.2, -0.15) is 0 Å². The first kappa shape index (κ1) is 18.1. The van der Waals surface area contributed by atoms with E-state index in [-0.39, 0.29) is 0 Å². The molecule has 1 aromatic heterocycles. The third kappa shape index (κ3) is 3.70. The third-order valence-electron chi connectivity index (χ3n) is 6.10. The van der Waals surface area contributed by atoms with Gasteiger partial charge in [-0.25, -0.2) is 9.97 Å². The number of benzene rings is 2. The molecule has 3 aromatic rings. The predicted molar refractivity (Wildman–Crippen MR) is 119 cm³/mol. The van der Waals surface area contributed by atoms with Gasteiger partial charge in [-0.1, -0.05) is 42.0 Å². The molecule has 2 fully saturated rings. The molecule has 29 heavy (non-hydrogen) atoms. The Morgan fingerprint density at radius 1 is 0.931 bits per heavy atom. The van der Waals surface area contributed by atoms with Crippen LogP contribution in [0.2, 0.25) is 0 Å². The van der Waals surface area contributed by atoms with Gasteiger partial charge in [0.25, 0.3) is 0 Å². The molecule has 0 saturated carbocycles. The van der Waals surface area contributed by atoms with Crippen LogP contribution in [0.15, 0.2) is 54.7 Å². The standard InChI is InChI=1S/C24H27N5/c1-16-2-4-19(5-3-16)22-13-27-24(28-23(22)20-6-8-21(25)9-7-20)29-14-17-10-18(15-29)12-26-11-17/h2-9,13,17-18,26H,10-12,14-15,25H2,1H3. The molecule has 2 saturated heterocycles. The van der Waals surface area contributed by atoms with Crippen LogP contribution < -0.4 is 16.0 Å². The van der Waals surface area contributed by atoms with E-state index in [1.54, 1.807) is 0 Å². The fourth-order valence-electron chi connectivity index (χ4n) is 4.60. The predicted octanol–water partition coefficient (Wildman–Crippen LogP) is 3.75. The molecule has 5 heteroatoms. The summed E-state index contributed by atoms with van der Waals surface area (Å²) in [5.41, 5.74) is 12.1. The van der Waals surface area contributed by atoms with Crippen molar-refractivity contribution in [1.82, 2.24) is 15.3 Å². The number of nitrogen functional groups attached to an aromatic ring is 1. The molecule has 5 nitrogen and oxygen atoms in total. The van der Waals surface area contributed by atoms with Gasteiger partial charge < -0.3 is 16.0 Å². The molecule has 148 valence electrons. The lowest BCUT2D eigenvalue weighted by atomic mass is 9.86. The second-order valence-corrected chi connectivity index (χ2v) is 8.45. The van der Waals surface area contributed by atoms with E-state index >= 15 is 0 Å². The Balaban J connectivity index is 1.57. The maximum atomic E-state index is 5.92. The minimum atomic E-state index is 0.683. The van der Waals surface area contributed by atoms with Crippen LogP contribution in [0.4, 0.5) is 11.6 Å². The lowest BCUT2D eigenvalue weighted by Gasteiger charge is -2.41. The Bertz CT molecular complexity index is 985. The fourth-order valence-corrected chi connectivity index (χ4v) is 4.60. The Labute approximate surface area is 172 Å². The number of hydrogen-bond donors (Lipinski definition) is 2. The molecule has 2 unspecified atom stereocenters. The molecule has 2 aromatic carbocycles. The summed E-state index contributed by atoms with van der Waals surface area (Å²) in [6, 6.07) is 16.5. The number of fused-ring (bicyclic) bond motifs is 2. The van der Waals surface area contributed by atoms with E-state index in [1.165, 1.54) is 12.0 Å². The zero-order valence-corrected chi connectivity index (χ0v) is 16.8. The van der Waals surface area contributed by atoms with Crippen molar-refractivity contribution in [3.63, 3.8) is 0 Å². The second-order valence-electron chi connectivity index (χ2n) is 8.45. The number of aryl methyl sites for hydroxylation is 1. The minimum absolute atomic E-state index is 0.683. The van der Waals surface area contributed by atoms with Gasteiger partial charge in [0.05, 0.1) is 5.69 Å². The summed E-state index contributed by atoms with van der Waals surface area (Å²) in [6.45, 7) is 6.34. The normalized spacial score (nSPS) is 21.2. The topological polar surface area (TPSA) is 67.1 Å². The maximum Gasteiger partial charge on any atom is 0.225 e. The van der Waals surface area contributed by atoms with Crippen LogP contribution in [0.5, 0.6) is 0 Å². The number of rotatable bonds is 3. The Hall–Kier alpha value is -2.92. The molecule has 2 aliphatic heterocycles. The highest BCUT2D eigenvalue weighted by atomic mass is 15.3. The van der Waals surface area contributed by atoms with Gasteiger partial charge in [0, 0.05) is 36.1 Å². The highest BCUT2D eigenvalue weighted by Gasteiger charge is 2.31. The Morgan fingerprint density at radius 2 is 1.59 bits per heavy atom. The monoisotopic (exact) mass is 385 g/mol. The third-order valence-corrected chi connectivity index (χ3v) is 6.10. The van der Waals surface area contributed by atoms with E-state index in [0.717, 1.165) is 60.2 Å². The second kappa shape index (κ2) is 7.48. The molecule has 5 rings (SSSR count). The van der Waals surface area contributed by atoms with Gasteiger partial charge in [-0.3, -0.25) is 0 Å². The van der Waals surface area contributed by atoms with Crippen LogP contribution in [0.1, 0.15) is 12.0 Å². The zero-order chi connectivity index (χ0) is 19.8. The SMILES string of the molecule is Cc1ccc(-c2cnc(N3CC4CNCC(C4)C3)nc2-c2ccc(N)cc2)cc1. The van der Waals surface area contributed by atoms with Gasteiger partial charge in [0.1, 0.15) is 0 Å². The van der Waals surface area contributed by atoms with E-state index in [1.807, 2.05) is 30.5 Å². The number of hydrogen-bond acceptors (Lipinski definition) is 5. The molecular weight excluding hydrogens is 358 g/mol. The molecule has 0 amide bonds. The smallest absolute Gasteiger partial charge is 0.225 e. The summed E-state index contributed by atoms with van der Waals surface area (Å²) >= 11 is 0. The summed E-state index contributed by atoms with van der Waals surface area (Å²) in [5.74, 6) is 2.20. The zero-order valence-electron chi connectivity index (χ0n) is 16.8. The first-order valence-corrected chi connectivity index (χ1v) is 10.4. The van der Waals surface area contributed by atoms with E-state index in [9.17, 15) is 0 Å². The molecule has 3 heterocycles. The van der Waals surface area contributed by atoms with Crippen molar-refractivity contribution in [2.45, 2.75) is 13.3 Å². The largest absolute Gasteiger partial charge is 0.399 e. The molecule has 0 aliphatic carbocycles. The first-order chi connectivity index (χ1) is 14.2. The van der Waals surface area contributed by atoms with Crippen LogP contribution in [-0.4, -0.2) is 36.1 Å². The lowest BCUT2D eigenvalue weighted by Crippen LogP contribution is -2.51. The molecule has 0 radical (unpaired) electrons. The highest BCUT2D eigenvalue weighted by molar-refractivity contribution is 5.81. The van der Waals surface area contributed by atoms with Crippen LogP contribution in [0, 0.1) is 18.8 Å². The Kier molecular flexibility index (Phi) is 4.68. The molecule has 2 bridgehead atoms. The highest BCUT2D eigenvalue weighted by Crippen LogP contribution is 2.33. The molecular formula is C24H27N5. The molecule has 2 aliphatic rings. The average Bonchev–Trinajstić information content (AvgIpc) is 2.74. The molecule has 0 spiro atoms. The van der Waals surface area contributed by atoms with Crippen molar-refractivity contribution in [2.24, 2.45) is 11.8 Å². The van der Waals surface area contributed by atoms with Crippen LogP contribution in [0.3, 0.4) is 0 Å². The van der Waals surface area contributed by atoms with Crippen LogP contribution in [0.25, 0.3) is 22.4 Å². The van der Waals surface area contributed by atoms with E-state index < -0.39 is 0 Å². The Morgan fingerprint density at radius 3 is 2.28 bits per heavy atom. The van der Waals surface area contributed by atoms with Crippen molar-refractivity contribution >= 4 is 11.6 Å². The van der Waals surface area contributed by atoms with Crippen molar-refractivity contribution < 1.29 is 0 Å². The number of piperidine rings is 2. The summed E-state index contributed by atoms with van der Waals surface area (Å²) in [5, 5.41) is 3.56. The van der Waals surface area contributed by atoms with Gasteiger partial charge in [-0.05, 0) is 56.0 Å². The number of nitrogens with one attached hydrogen (secondary N) is 1. The van der Waals surface area contributed by atoms with Crippen molar-refractivity contribution in [3.05, 3.63) is 60.3 Å². The quantitative estimate of drug-likeness (QED) is 0.672. The van der Waals surface area contributed by atoms with Crippen LogP contribution in [-0.2, 0) is 0 Å². The number of anilines is 2. The van der Waals surface area contributed by atoms with Crippen molar-refractivity contribution in [1.29, 1.82) is 0 Å². The molecule has 3 N–H and O–H groups in total. The molecule has 2 atom stereocenters. The summed E-state index contributed by atoms with van der Waals surface area (Å²) < 4.78 is 0. The summed E-state index contributed by atoms with van der Waals surface area (Å²) in [6.07, 6.45) is 3.30. The maximum absolute atomic E-state index is 5.92. The van der Waals surface area contributed by atoms with Gasteiger partial charge in [-0.15, -0.1) is 0 Å². The average molecular weight is 386 g/mol. The van der Waals surface area contributed by atoms with E-state index in [0.29, 0.717) is 11.8 Å². The number of nitrogens with zero attached hydrogens (tertiary/aromatic N) is 3. The van der Waals surface area contributed by atoms with Crippen LogP contribution >= 0.6 is 0 Å². The van der Waals surface area contributed by atoms with Gasteiger partial charge >= 0.3 is 0 Å². The first-order valence-electron chi connectivity index (χ1n) is 10.4. The van der Waals surface area contributed by atoms with E-state index in [2.05, 4.69) is 41.4 Å². The fraction of sp³-hybridized carbons (Fsp3) is 0.333. The van der Waals surface area contributed by atoms with E-state index in [4.69, 9.17) is 15.7 Å². The number of aromatic nitrogens is 2. The number of nitrogens with two attached hydrogens (primary N) is 1. The minimum Gasteiger partial charge on any atom is -0.399 e. The summed E-state index contributed by atoms with van der Waals surface area (Å²) in [4.78, 5) is 12.3. The van der Waals surface area contributed by atoms with Gasteiger partial charge in [0.15, 0.2) is 0 Å².